The molecular weight excluding hydrogens is 130 g/mol. The average molecular weight is 145 g/mol. The fourth-order valence-corrected chi connectivity index (χ4v) is 0.776. The maximum atomic E-state index is 10.7. The first-order chi connectivity index (χ1) is 4.39. The molecule has 0 radical (unpaired) electrons. The van der Waals surface area contributed by atoms with Crippen LogP contribution in [0, 0.1) is 0 Å². The van der Waals surface area contributed by atoms with Crippen LogP contribution >= 0.6 is 0 Å². The van der Waals surface area contributed by atoms with E-state index >= 15 is 0 Å². The number of hydrazine groups is 1. The summed E-state index contributed by atoms with van der Waals surface area (Å²) in [5, 5.41) is 1.37. The van der Waals surface area contributed by atoms with Gasteiger partial charge in [-0.05, 0) is 20.8 Å². The van der Waals surface area contributed by atoms with Gasteiger partial charge in [0.15, 0.2) is 0 Å². The molecule has 10 heavy (non-hydrogen) atoms. The van der Waals surface area contributed by atoms with E-state index in [1.807, 2.05) is 20.8 Å². The topological polar surface area (TPSA) is 58.4 Å². The minimum atomic E-state index is -0.463. The molecule has 0 spiro atoms. The maximum absolute atomic E-state index is 10.7. The highest BCUT2D eigenvalue weighted by molar-refractivity contribution is 5.72. The van der Waals surface area contributed by atoms with Crippen LogP contribution in [0.5, 0.6) is 0 Å². The molecule has 0 fully saturated rings. The van der Waals surface area contributed by atoms with Crippen molar-refractivity contribution >= 4 is 6.03 Å². The average Bonchev–Trinajstić information content (AvgIpc) is 1.60. The minimum absolute atomic E-state index is 0.263. The van der Waals surface area contributed by atoms with Crippen LogP contribution in [0.25, 0.3) is 0 Å². The van der Waals surface area contributed by atoms with E-state index in [9.17, 15) is 4.79 Å². The van der Waals surface area contributed by atoms with E-state index in [1.54, 1.807) is 7.05 Å². The number of urea groups is 1. The van der Waals surface area contributed by atoms with Crippen LogP contribution in [-0.4, -0.2) is 23.6 Å². The second kappa shape index (κ2) is 2.88. The summed E-state index contributed by atoms with van der Waals surface area (Å²) < 4.78 is 0. The van der Waals surface area contributed by atoms with E-state index in [1.165, 1.54) is 5.01 Å². The molecule has 0 aromatic heterocycles. The van der Waals surface area contributed by atoms with Crippen molar-refractivity contribution < 1.29 is 4.79 Å². The summed E-state index contributed by atoms with van der Waals surface area (Å²) in [5.74, 6) is 0. The number of carbonyl (C=O) groups excluding carboxylic acids is 1. The lowest BCUT2D eigenvalue weighted by atomic mass is 10.1. The first-order valence-corrected chi connectivity index (χ1v) is 3.16. The van der Waals surface area contributed by atoms with Gasteiger partial charge in [0.05, 0.1) is 5.54 Å². The first-order valence-electron chi connectivity index (χ1n) is 3.16. The molecule has 0 aliphatic rings. The number of primary amides is 1. The highest BCUT2D eigenvalue weighted by atomic mass is 16.2. The number of amides is 2. The fourth-order valence-electron chi connectivity index (χ4n) is 0.776. The van der Waals surface area contributed by atoms with Gasteiger partial charge in [-0.15, -0.1) is 0 Å². The normalized spacial score (nSPS) is 11.2. The van der Waals surface area contributed by atoms with Gasteiger partial charge in [-0.2, -0.15) is 0 Å². The van der Waals surface area contributed by atoms with Crippen LogP contribution < -0.4 is 11.2 Å². The lowest BCUT2D eigenvalue weighted by Crippen LogP contribution is -2.54. The van der Waals surface area contributed by atoms with E-state index in [0.717, 1.165) is 0 Å². The van der Waals surface area contributed by atoms with Crippen LogP contribution in [0.3, 0.4) is 0 Å². The zero-order valence-corrected chi connectivity index (χ0v) is 6.93. The third-order valence-electron chi connectivity index (χ3n) is 1.11. The van der Waals surface area contributed by atoms with Gasteiger partial charge in [0.2, 0.25) is 0 Å². The molecule has 0 saturated heterocycles. The molecule has 2 amide bonds. The summed E-state index contributed by atoms with van der Waals surface area (Å²) in [7, 11) is 1.66. The number of hydrogen-bond donors (Lipinski definition) is 2. The highest BCUT2D eigenvalue weighted by Crippen LogP contribution is 2.08. The van der Waals surface area contributed by atoms with Crippen molar-refractivity contribution in [1.29, 1.82) is 0 Å². The SMILES string of the molecule is CNN(C(N)=O)C(C)(C)C. The van der Waals surface area contributed by atoms with Gasteiger partial charge < -0.3 is 5.73 Å². The van der Waals surface area contributed by atoms with Crippen molar-refractivity contribution in [2.45, 2.75) is 26.3 Å². The van der Waals surface area contributed by atoms with Gasteiger partial charge in [-0.1, -0.05) is 0 Å². The highest BCUT2D eigenvalue weighted by Gasteiger charge is 2.22. The molecule has 4 heteroatoms. The van der Waals surface area contributed by atoms with Crippen molar-refractivity contribution in [2.24, 2.45) is 5.73 Å². The number of rotatable bonds is 1. The monoisotopic (exact) mass is 145 g/mol. The Morgan fingerprint density at radius 3 is 1.90 bits per heavy atom. The zero-order chi connectivity index (χ0) is 8.36. The summed E-state index contributed by atoms with van der Waals surface area (Å²) in [6.07, 6.45) is 0. The fraction of sp³-hybridized carbons (Fsp3) is 0.833. The molecule has 0 unspecified atom stereocenters. The Morgan fingerprint density at radius 1 is 1.50 bits per heavy atom. The predicted octanol–water partition coefficient (Wildman–Crippen LogP) is 0.300. The van der Waals surface area contributed by atoms with E-state index < -0.39 is 6.03 Å². The third kappa shape index (κ3) is 2.23. The molecule has 0 heterocycles. The Bertz CT molecular complexity index is 127. The summed E-state index contributed by atoms with van der Waals surface area (Å²) in [5.41, 5.74) is 7.49. The quantitative estimate of drug-likeness (QED) is 0.521. The second-order valence-corrected chi connectivity index (χ2v) is 3.07. The standard InChI is InChI=1S/C6H15N3O/c1-6(2,3)9(8-4)5(7)10/h8H,1-4H3,(H2,7,10). The molecular formula is C6H15N3O. The molecule has 0 saturated carbocycles. The van der Waals surface area contributed by atoms with Crippen LogP contribution in [0.1, 0.15) is 20.8 Å². The maximum Gasteiger partial charge on any atom is 0.329 e. The van der Waals surface area contributed by atoms with Gasteiger partial charge >= 0.3 is 6.03 Å². The summed E-state index contributed by atoms with van der Waals surface area (Å²) in [6, 6.07) is -0.463. The Kier molecular flexibility index (Phi) is 2.65. The van der Waals surface area contributed by atoms with E-state index in [0.29, 0.717) is 0 Å². The molecule has 60 valence electrons. The summed E-state index contributed by atoms with van der Waals surface area (Å²) in [4.78, 5) is 10.7. The minimum Gasteiger partial charge on any atom is -0.350 e. The largest absolute Gasteiger partial charge is 0.350 e. The lowest BCUT2D eigenvalue weighted by Gasteiger charge is -2.32. The Hall–Kier alpha value is -0.770. The number of nitrogens with two attached hydrogens (primary N) is 1. The molecule has 0 aliphatic heterocycles. The number of carbonyl (C=O) groups is 1. The number of nitrogens with zero attached hydrogens (tertiary/aromatic N) is 1. The molecule has 0 aromatic rings. The third-order valence-corrected chi connectivity index (χ3v) is 1.11. The predicted molar refractivity (Wildman–Crippen MR) is 40.2 cm³/mol. The van der Waals surface area contributed by atoms with Crippen molar-refractivity contribution in [1.82, 2.24) is 10.4 Å². The number of nitrogens with one attached hydrogen (secondary N) is 1. The molecule has 0 aromatic carbocycles. The summed E-state index contributed by atoms with van der Waals surface area (Å²) >= 11 is 0. The van der Waals surface area contributed by atoms with Gasteiger partial charge in [-0.25, -0.2) is 10.2 Å². The van der Waals surface area contributed by atoms with Crippen molar-refractivity contribution in [3.05, 3.63) is 0 Å². The van der Waals surface area contributed by atoms with Crippen LogP contribution in [-0.2, 0) is 0 Å². The molecule has 3 N–H and O–H groups in total. The van der Waals surface area contributed by atoms with E-state index in [-0.39, 0.29) is 5.54 Å². The van der Waals surface area contributed by atoms with Crippen LogP contribution in [0.4, 0.5) is 4.79 Å². The molecule has 0 rings (SSSR count). The molecule has 4 nitrogen and oxygen atoms in total. The Labute approximate surface area is 61.3 Å². The van der Waals surface area contributed by atoms with Crippen molar-refractivity contribution in [3.63, 3.8) is 0 Å². The molecule has 0 atom stereocenters. The second-order valence-electron chi connectivity index (χ2n) is 3.07. The zero-order valence-electron chi connectivity index (χ0n) is 6.93. The number of hydrogen-bond acceptors (Lipinski definition) is 2. The smallest absolute Gasteiger partial charge is 0.329 e. The van der Waals surface area contributed by atoms with E-state index in [4.69, 9.17) is 5.73 Å². The molecule has 0 aliphatic carbocycles. The van der Waals surface area contributed by atoms with Gasteiger partial charge in [0.25, 0.3) is 0 Å². The first kappa shape index (κ1) is 9.23. The van der Waals surface area contributed by atoms with E-state index in [2.05, 4.69) is 5.43 Å². The van der Waals surface area contributed by atoms with Crippen molar-refractivity contribution in [2.75, 3.05) is 7.05 Å². The van der Waals surface area contributed by atoms with Gasteiger partial charge in [0, 0.05) is 7.05 Å². The Morgan fingerprint density at radius 2 is 1.90 bits per heavy atom. The van der Waals surface area contributed by atoms with Gasteiger partial charge in [-0.3, -0.25) is 5.01 Å². The van der Waals surface area contributed by atoms with Crippen LogP contribution in [0.15, 0.2) is 0 Å². The lowest BCUT2D eigenvalue weighted by molar-refractivity contribution is 0.119. The molecule has 0 bridgehead atoms. The van der Waals surface area contributed by atoms with Crippen LogP contribution in [0.2, 0.25) is 0 Å². The summed E-state index contributed by atoms with van der Waals surface area (Å²) in [6.45, 7) is 5.69. The van der Waals surface area contributed by atoms with Gasteiger partial charge in [0.1, 0.15) is 0 Å². The van der Waals surface area contributed by atoms with Crippen molar-refractivity contribution in [3.8, 4) is 0 Å². The Balaban J connectivity index is 4.22.